The van der Waals surface area contributed by atoms with Crippen LogP contribution in [0.5, 0.6) is 5.75 Å². The van der Waals surface area contributed by atoms with Gasteiger partial charge in [0.15, 0.2) is 0 Å². The lowest BCUT2D eigenvalue weighted by molar-refractivity contribution is -0.137. The van der Waals surface area contributed by atoms with Gasteiger partial charge in [0.25, 0.3) is 0 Å². The molecule has 31 heavy (non-hydrogen) atoms. The Morgan fingerprint density at radius 3 is 2.81 bits per heavy atom. The maximum absolute atomic E-state index is 11.2. The number of fused-ring (bicyclic) bond motifs is 1. The Morgan fingerprint density at radius 1 is 1.23 bits per heavy atom. The molecule has 2 fully saturated rings. The normalized spacial score (nSPS) is 23.0. The molecule has 0 spiro atoms. The number of pyridine rings is 1. The smallest absolute Gasteiger partial charge is 0.303 e. The fourth-order valence-electron chi connectivity index (χ4n) is 5.09. The van der Waals surface area contributed by atoms with Crippen molar-refractivity contribution in [1.29, 1.82) is 0 Å². The summed E-state index contributed by atoms with van der Waals surface area (Å²) >= 11 is 0. The molecule has 1 aliphatic heterocycles. The summed E-state index contributed by atoms with van der Waals surface area (Å²) in [5, 5.41) is 21.1. The van der Waals surface area contributed by atoms with Gasteiger partial charge in [-0.3, -0.25) is 9.78 Å². The van der Waals surface area contributed by atoms with Crippen molar-refractivity contribution in [2.45, 2.75) is 51.0 Å². The number of carbonyl (C=O) groups is 1. The van der Waals surface area contributed by atoms with Crippen LogP contribution in [0.4, 0.5) is 0 Å². The first-order chi connectivity index (χ1) is 15.0. The molecule has 1 aromatic heterocycles. The number of aliphatic carboxylic acids is 1. The number of likely N-dealkylation sites (tertiary alicyclic amines) is 1. The monoisotopic (exact) mass is 426 g/mol. The predicted octanol–water partition coefficient (Wildman–Crippen LogP) is 4.27. The van der Waals surface area contributed by atoms with E-state index in [-0.39, 0.29) is 6.42 Å². The molecule has 2 unspecified atom stereocenters. The highest BCUT2D eigenvalue weighted by Gasteiger charge is 2.33. The summed E-state index contributed by atoms with van der Waals surface area (Å²) in [6, 6.07) is 7.63. The van der Waals surface area contributed by atoms with Gasteiger partial charge >= 0.3 is 5.97 Å². The number of piperidine rings is 1. The van der Waals surface area contributed by atoms with Crippen LogP contribution >= 0.6 is 0 Å². The van der Waals surface area contributed by atoms with Crippen LogP contribution in [0.3, 0.4) is 0 Å². The van der Waals surface area contributed by atoms with E-state index in [1.165, 1.54) is 19.4 Å². The van der Waals surface area contributed by atoms with Crippen molar-refractivity contribution < 1.29 is 19.7 Å². The number of ether oxygens (including phenoxy) is 1. The zero-order valence-corrected chi connectivity index (χ0v) is 18.4. The lowest BCUT2D eigenvalue weighted by Gasteiger charge is -2.39. The van der Waals surface area contributed by atoms with Crippen LogP contribution in [0.15, 0.2) is 30.5 Å². The van der Waals surface area contributed by atoms with Crippen LogP contribution in [0, 0.1) is 17.8 Å². The van der Waals surface area contributed by atoms with Gasteiger partial charge in [-0.15, -0.1) is 0 Å². The molecule has 6 nitrogen and oxygen atoms in total. The Kier molecular flexibility index (Phi) is 7.08. The summed E-state index contributed by atoms with van der Waals surface area (Å²) in [6.45, 7) is 3.26. The average Bonchev–Trinajstić information content (AvgIpc) is 3.59. The van der Waals surface area contributed by atoms with Gasteiger partial charge in [-0.05, 0) is 92.7 Å². The standard InChI is InChI=1S/C25H34N2O4/c1-31-20-6-7-23-22(14-20)21(10-12-26-23)24(28)8-4-18-11-13-27(15-17-2-3-17)16-19(18)5-9-25(29)30/h6-7,10,12,14,17-19,24,28H,2-5,8-9,11,13,15-16H2,1H3,(H,29,30)/t18?,19?,24-/m0/s1. The fraction of sp³-hybridized carbons (Fsp3) is 0.600. The third kappa shape index (κ3) is 5.74. The maximum atomic E-state index is 11.2. The van der Waals surface area contributed by atoms with E-state index in [0.29, 0.717) is 18.3 Å². The molecule has 1 saturated carbocycles. The summed E-state index contributed by atoms with van der Waals surface area (Å²) in [5.41, 5.74) is 1.74. The molecule has 2 aromatic rings. The second-order valence-corrected chi connectivity index (χ2v) is 9.32. The van der Waals surface area contributed by atoms with Crippen LogP contribution in [0.2, 0.25) is 0 Å². The van der Waals surface area contributed by atoms with Crippen molar-refractivity contribution >= 4 is 16.9 Å². The summed E-state index contributed by atoms with van der Waals surface area (Å²) in [4.78, 5) is 18.1. The Labute approximate surface area is 184 Å². The molecule has 0 radical (unpaired) electrons. The van der Waals surface area contributed by atoms with Crippen LogP contribution in [-0.4, -0.2) is 52.8 Å². The SMILES string of the molecule is COc1ccc2nccc([C@@H](O)CCC3CCN(CC4CC4)CC3CCC(=O)O)c2c1. The zero-order chi connectivity index (χ0) is 21.8. The van der Waals surface area contributed by atoms with Crippen molar-refractivity contribution in [2.75, 3.05) is 26.7 Å². The molecule has 6 heteroatoms. The highest BCUT2D eigenvalue weighted by atomic mass is 16.5. The number of carboxylic acid groups (broad SMARTS) is 1. The number of nitrogens with zero attached hydrogens (tertiary/aromatic N) is 2. The minimum atomic E-state index is -0.713. The predicted molar refractivity (Wildman–Crippen MR) is 120 cm³/mol. The van der Waals surface area contributed by atoms with E-state index in [0.717, 1.165) is 60.5 Å². The fourth-order valence-corrected chi connectivity index (χ4v) is 5.09. The molecule has 1 saturated heterocycles. The summed E-state index contributed by atoms with van der Waals surface area (Å²) in [5.74, 6) is 1.76. The Hall–Kier alpha value is -2.18. The average molecular weight is 427 g/mol. The molecule has 3 atom stereocenters. The molecular formula is C25H34N2O4. The molecule has 2 heterocycles. The van der Waals surface area contributed by atoms with E-state index >= 15 is 0 Å². The molecule has 4 rings (SSSR count). The molecule has 2 aliphatic rings. The van der Waals surface area contributed by atoms with E-state index < -0.39 is 12.1 Å². The number of aliphatic hydroxyl groups excluding tert-OH is 1. The number of hydrogen-bond acceptors (Lipinski definition) is 5. The van der Waals surface area contributed by atoms with Gasteiger partial charge < -0.3 is 19.8 Å². The minimum Gasteiger partial charge on any atom is -0.497 e. The van der Waals surface area contributed by atoms with Crippen LogP contribution < -0.4 is 4.74 Å². The highest BCUT2D eigenvalue weighted by molar-refractivity contribution is 5.83. The largest absolute Gasteiger partial charge is 0.497 e. The van der Waals surface area contributed by atoms with Gasteiger partial charge in [0, 0.05) is 31.1 Å². The van der Waals surface area contributed by atoms with Gasteiger partial charge in [-0.25, -0.2) is 0 Å². The van der Waals surface area contributed by atoms with Gasteiger partial charge in [0.1, 0.15) is 5.75 Å². The van der Waals surface area contributed by atoms with Gasteiger partial charge in [0.2, 0.25) is 0 Å². The van der Waals surface area contributed by atoms with Gasteiger partial charge in [-0.2, -0.15) is 0 Å². The Morgan fingerprint density at radius 2 is 2.06 bits per heavy atom. The zero-order valence-electron chi connectivity index (χ0n) is 18.4. The lowest BCUT2D eigenvalue weighted by Crippen LogP contribution is -2.41. The number of aliphatic hydroxyl groups is 1. The quantitative estimate of drug-likeness (QED) is 0.590. The molecule has 2 N–H and O–H groups in total. The Balaban J connectivity index is 1.41. The first-order valence-corrected chi connectivity index (χ1v) is 11.6. The van der Waals surface area contributed by atoms with Crippen LogP contribution in [0.25, 0.3) is 10.9 Å². The van der Waals surface area contributed by atoms with Gasteiger partial charge in [-0.1, -0.05) is 0 Å². The number of hydrogen-bond donors (Lipinski definition) is 2. The third-order valence-corrected chi connectivity index (χ3v) is 7.07. The number of aromatic nitrogens is 1. The van der Waals surface area contributed by atoms with Crippen molar-refractivity contribution in [2.24, 2.45) is 17.8 Å². The molecule has 1 aliphatic carbocycles. The summed E-state index contributed by atoms with van der Waals surface area (Å²) in [6.07, 6.45) is 7.51. The number of carboxylic acids is 1. The maximum Gasteiger partial charge on any atom is 0.303 e. The van der Waals surface area contributed by atoms with Crippen molar-refractivity contribution in [3.8, 4) is 5.75 Å². The third-order valence-electron chi connectivity index (χ3n) is 7.07. The molecular weight excluding hydrogens is 392 g/mol. The summed E-state index contributed by atoms with van der Waals surface area (Å²) < 4.78 is 5.35. The first-order valence-electron chi connectivity index (χ1n) is 11.6. The van der Waals surface area contributed by atoms with E-state index in [1.54, 1.807) is 13.3 Å². The number of methoxy groups -OCH3 is 1. The second kappa shape index (κ2) is 9.96. The second-order valence-electron chi connectivity index (χ2n) is 9.32. The van der Waals surface area contributed by atoms with E-state index in [4.69, 9.17) is 4.74 Å². The molecule has 0 bridgehead atoms. The lowest BCUT2D eigenvalue weighted by atomic mass is 9.79. The Bertz CT molecular complexity index is 898. The van der Waals surface area contributed by atoms with E-state index in [9.17, 15) is 15.0 Å². The van der Waals surface area contributed by atoms with Crippen molar-refractivity contribution in [3.63, 3.8) is 0 Å². The van der Waals surface area contributed by atoms with Crippen LogP contribution in [0.1, 0.15) is 56.6 Å². The van der Waals surface area contributed by atoms with Crippen LogP contribution in [-0.2, 0) is 4.79 Å². The summed E-state index contributed by atoms with van der Waals surface area (Å²) in [7, 11) is 1.64. The van der Waals surface area contributed by atoms with E-state index in [1.807, 2.05) is 24.3 Å². The topological polar surface area (TPSA) is 82.9 Å². The minimum absolute atomic E-state index is 0.232. The van der Waals surface area contributed by atoms with E-state index in [2.05, 4.69) is 9.88 Å². The van der Waals surface area contributed by atoms with Gasteiger partial charge in [0.05, 0.1) is 18.7 Å². The van der Waals surface area contributed by atoms with Crippen molar-refractivity contribution in [3.05, 3.63) is 36.0 Å². The highest BCUT2D eigenvalue weighted by Crippen LogP contribution is 2.37. The first kappa shape index (κ1) is 22.0. The number of benzene rings is 1. The number of rotatable bonds is 10. The molecule has 168 valence electrons. The van der Waals surface area contributed by atoms with Crippen molar-refractivity contribution in [1.82, 2.24) is 9.88 Å². The molecule has 1 aromatic carbocycles. The molecule has 0 amide bonds.